The minimum absolute atomic E-state index is 1.18. The lowest BCUT2D eigenvalue weighted by Crippen LogP contribution is -1.86. The van der Waals surface area contributed by atoms with Gasteiger partial charge in [-0.1, -0.05) is 56.5 Å². The number of benzene rings is 1. The lowest BCUT2D eigenvalue weighted by Gasteiger charge is -2.01. The van der Waals surface area contributed by atoms with E-state index < -0.39 is 0 Å². The standard InChI is InChI=1S/C15H21/c1-3-5-6-7-9-15-12-10-14(8-4-2)11-13-15/h4,10-13H,3,5-7,9H2,1-2H3. The lowest BCUT2D eigenvalue weighted by atomic mass is 10.0. The zero-order valence-electron chi connectivity index (χ0n) is 9.92. The molecule has 0 unspecified atom stereocenters. The number of allylic oxidation sites excluding steroid dienone is 1. The third kappa shape index (κ3) is 4.83. The summed E-state index contributed by atoms with van der Waals surface area (Å²) in [5, 5.41) is 0. The molecule has 15 heavy (non-hydrogen) atoms. The molecule has 0 saturated heterocycles. The Labute approximate surface area is 94.0 Å². The molecule has 0 aromatic heterocycles. The number of hydrogen-bond acceptors (Lipinski definition) is 0. The molecule has 0 saturated carbocycles. The SMILES string of the molecule is C/C=[C]/c1ccc(CCCCCC)cc1. The van der Waals surface area contributed by atoms with Crippen LogP contribution in [0.2, 0.25) is 0 Å². The minimum Gasteiger partial charge on any atom is -0.0792 e. The highest BCUT2D eigenvalue weighted by Gasteiger charge is 1.93. The summed E-state index contributed by atoms with van der Waals surface area (Å²) >= 11 is 0. The maximum absolute atomic E-state index is 3.19. The Morgan fingerprint density at radius 3 is 2.40 bits per heavy atom. The molecule has 0 bridgehead atoms. The molecule has 0 nitrogen and oxygen atoms in total. The Morgan fingerprint density at radius 2 is 1.80 bits per heavy atom. The van der Waals surface area contributed by atoms with Gasteiger partial charge < -0.3 is 0 Å². The Kier molecular flexibility index (Phi) is 5.84. The maximum Gasteiger partial charge on any atom is -0.0151 e. The van der Waals surface area contributed by atoms with E-state index in [1.54, 1.807) is 0 Å². The maximum atomic E-state index is 3.19. The van der Waals surface area contributed by atoms with E-state index in [9.17, 15) is 0 Å². The van der Waals surface area contributed by atoms with Crippen molar-refractivity contribution in [3.8, 4) is 0 Å². The van der Waals surface area contributed by atoms with E-state index in [1.165, 1.54) is 43.2 Å². The molecule has 0 spiro atoms. The van der Waals surface area contributed by atoms with Gasteiger partial charge in [0.25, 0.3) is 0 Å². The van der Waals surface area contributed by atoms with Crippen molar-refractivity contribution < 1.29 is 0 Å². The van der Waals surface area contributed by atoms with E-state index in [-0.39, 0.29) is 0 Å². The van der Waals surface area contributed by atoms with Crippen LogP contribution in [0.3, 0.4) is 0 Å². The van der Waals surface area contributed by atoms with Crippen LogP contribution in [-0.2, 0) is 6.42 Å². The van der Waals surface area contributed by atoms with Crippen molar-refractivity contribution in [2.45, 2.75) is 46.0 Å². The van der Waals surface area contributed by atoms with Gasteiger partial charge in [-0.25, -0.2) is 0 Å². The van der Waals surface area contributed by atoms with Crippen molar-refractivity contribution in [3.63, 3.8) is 0 Å². The van der Waals surface area contributed by atoms with Crippen LogP contribution in [0.1, 0.15) is 50.7 Å². The molecule has 1 aromatic rings. The molecule has 0 aliphatic heterocycles. The van der Waals surface area contributed by atoms with Crippen molar-refractivity contribution in [3.05, 3.63) is 47.5 Å². The molecule has 0 heteroatoms. The first-order valence-corrected chi connectivity index (χ1v) is 6.00. The summed E-state index contributed by atoms with van der Waals surface area (Å²) in [6, 6.07) is 8.74. The Hall–Kier alpha value is -1.04. The smallest absolute Gasteiger partial charge is 0.0151 e. The van der Waals surface area contributed by atoms with Gasteiger partial charge in [-0.05, 0) is 37.0 Å². The Balaban J connectivity index is 2.36. The van der Waals surface area contributed by atoms with Crippen molar-refractivity contribution in [2.24, 2.45) is 0 Å². The highest BCUT2D eigenvalue weighted by atomic mass is 14.0. The fraction of sp³-hybridized carbons (Fsp3) is 0.467. The minimum atomic E-state index is 1.18. The highest BCUT2D eigenvalue weighted by molar-refractivity contribution is 5.26. The molecule has 1 radical (unpaired) electrons. The fourth-order valence-corrected chi connectivity index (χ4v) is 1.69. The molecule has 0 heterocycles. The molecule has 81 valence electrons. The summed E-state index contributed by atoms with van der Waals surface area (Å²) < 4.78 is 0. The van der Waals surface area contributed by atoms with Crippen LogP contribution in [-0.4, -0.2) is 0 Å². The molecule has 0 aliphatic carbocycles. The van der Waals surface area contributed by atoms with Gasteiger partial charge in [-0.2, -0.15) is 0 Å². The second-order valence-electron chi connectivity index (χ2n) is 3.94. The molecule has 0 fully saturated rings. The average molecular weight is 201 g/mol. The third-order valence-electron chi connectivity index (χ3n) is 2.58. The molecule has 1 rings (SSSR count). The highest BCUT2D eigenvalue weighted by Crippen LogP contribution is 2.09. The fourth-order valence-electron chi connectivity index (χ4n) is 1.69. The van der Waals surface area contributed by atoms with Gasteiger partial charge in [0.2, 0.25) is 0 Å². The Morgan fingerprint density at radius 1 is 1.07 bits per heavy atom. The van der Waals surface area contributed by atoms with Crippen LogP contribution in [0.15, 0.2) is 30.3 Å². The second-order valence-corrected chi connectivity index (χ2v) is 3.94. The van der Waals surface area contributed by atoms with Crippen LogP contribution in [0.5, 0.6) is 0 Å². The van der Waals surface area contributed by atoms with Crippen LogP contribution in [0, 0.1) is 6.08 Å². The summed E-state index contributed by atoms with van der Waals surface area (Å²) in [5.74, 6) is 0. The molecule has 0 amide bonds. The van der Waals surface area contributed by atoms with E-state index in [2.05, 4.69) is 37.3 Å². The molecular weight excluding hydrogens is 180 g/mol. The second kappa shape index (κ2) is 7.28. The topological polar surface area (TPSA) is 0 Å². The summed E-state index contributed by atoms with van der Waals surface area (Å²) in [6.07, 6.45) is 11.7. The number of unbranched alkanes of at least 4 members (excludes halogenated alkanes) is 3. The summed E-state index contributed by atoms with van der Waals surface area (Å²) in [7, 11) is 0. The van der Waals surface area contributed by atoms with Crippen molar-refractivity contribution in [1.82, 2.24) is 0 Å². The van der Waals surface area contributed by atoms with Gasteiger partial charge >= 0.3 is 0 Å². The van der Waals surface area contributed by atoms with Gasteiger partial charge in [-0.3, -0.25) is 0 Å². The zero-order valence-corrected chi connectivity index (χ0v) is 9.92. The summed E-state index contributed by atoms with van der Waals surface area (Å²) in [5.41, 5.74) is 2.63. The van der Waals surface area contributed by atoms with Crippen LogP contribution in [0.25, 0.3) is 0 Å². The largest absolute Gasteiger partial charge is 0.0792 e. The van der Waals surface area contributed by atoms with Crippen molar-refractivity contribution >= 4 is 0 Å². The predicted molar refractivity (Wildman–Crippen MR) is 66.9 cm³/mol. The van der Waals surface area contributed by atoms with E-state index in [4.69, 9.17) is 0 Å². The van der Waals surface area contributed by atoms with Gasteiger partial charge in [0.15, 0.2) is 0 Å². The van der Waals surface area contributed by atoms with Crippen LogP contribution in [0.4, 0.5) is 0 Å². The Bertz CT molecular complexity index is 279. The molecule has 0 atom stereocenters. The van der Waals surface area contributed by atoms with Crippen molar-refractivity contribution in [1.29, 1.82) is 0 Å². The summed E-state index contributed by atoms with van der Waals surface area (Å²) in [4.78, 5) is 0. The lowest BCUT2D eigenvalue weighted by molar-refractivity contribution is 0.667. The molecule has 1 aromatic carbocycles. The third-order valence-corrected chi connectivity index (χ3v) is 2.58. The monoisotopic (exact) mass is 201 g/mol. The van der Waals surface area contributed by atoms with Gasteiger partial charge in [0.1, 0.15) is 0 Å². The number of aryl methyl sites for hydroxylation is 1. The van der Waals surface area contributed by atoms with E-state index in [1.807, 2.05) is 13.0 Å². The normalized spacial score (nSPS) is 11.1. The molecule has 0 N–H and O–H groups in total. The first-order valence-electron chi connectivity index (χ1n) is 6.00. The van der Waals surface area contributed by atoms with E-state index in [0.717, 1.165) is 0 Å². The number of hydrogen-bond donors (Lipinski definition) is 0. The zero-order chi connectivity index (χ0) is 10.9. The van der Waals surface area contributed by atoms with Crippen LogP contribution >= 0.6 is 0 Å². The van der Waals surface area contributed by atoms with E-state index >= 15 is 0 Å². The first kappa shape index (κ1) is 12.0. The number of rotatable bonds is 6. The van der Waals surface area contributed by atoms with Crippen molar-refractivity contribution in [2.75, 3.05) is 0 Å². The summed E-state index contributed by atoms with van der Waals surface area (Å²) in [6.45, 7) is 4.25. The predicted octanol–water partition coefficient (Wildman–Crippen LogP) is 4.54. The quantitative estimate of drug-likeness (QED) is 0.593. The van der Waals surface area contributed by atoms with Gasteiger partial charge in [-0.15, -0.1) is 0 Å². The van der Waals surface area contributed by atoms with Gasteiger partial charge in [0.05, 0.1) is 0 Å². The molecular formula is C15H21. The average Bonchev–Trinajstić information content (AvgIpc) is 2.27. The van der Waals surface area contributed by atoms with Gasteiger partial charge in [0, 0.05) is 0 Å². The molecule has 0 aliphatic rings. The van der Waals surface area contributed by atoms with E-state index in [0.29, 0.717) is 0 Å². The first-order chi connectivity index (χ1) is 7.36. The van der Waals surface area contributed by atoms with Crippen LogP contribution < -0.4 is 0 Å².